The van der Waals surface area contributed by atoms with Crippen LogP contribution in [0, 0.1) is 6.92 Å². The summed E-state index contributed by atoms with van der Waals surface area (Å²) in [4.78, 5) is 0. The molecule has 38 valence electrons. The van der Waals surface area contributed by atoms with Gasteiger partial charge in [0.05, 0.1) is 0 Å². The van der Waals surface area contributed by atoms with E-state index in [1.165, 1.54) is 0 Å². The average molecular weight is 98.1 g/mol. The van der Waals surface area contributed by atoms with Gasteiger partial charge in [0.25, 0.3) is 0 Å². The molecule has 0 radical (unpaired) electrons. The number of nitrogens with one attached hydrogen (secondary N) is 1. The van der Waals surface area contributed by atoms with Crippen molar-refractivity contribution < 1.29 is 0 Å². The summed E-state index contributed by atoms with van der Waals surface area (Å²) in [5.74, 6) is 0.472. The lowest BCUT2D eigenvalue weighted by molar-refractivity contribution is 0.930. The molecule has 0 saturated carbocycles. The summed E-state index contributed by atoms with van der Waals surface area (Å²) < 4.78 is 0. The maximum Gasteiger partial charge on any atom is 0.168 e. The van der Waals surface area contributed by atoms with Crippen LogP contribution in [0.2, 0.25) is 0 Å². The van der Waals surface area contributed by atoms with Crippen LogP contribution in [0.15, 0.2) is 0 Å². The molecule has 0 aliphatic heterocycles. The molecule has 0 aliphatic rings. The van der Waals surface area contributed by atoms with E-state index in [4.69, 9.17) is 5.73 Å². The molecule has 4 heteroatoms. The minimum atomic E-state index is 0.472. The number of aromatic amines is 1. The molecule has 1 aromatic heterocycles. The summed E-state index contributed by atoms with van der Waals surface area (Å²) in [7, 11) is 0. The summed E-state index contributed by atoms with van der Waals surface area (Å²) >= 11 is 0. The number of nitrogens with zero attached hydrogens (tertiary/aromatic N) is 2. The monoisotopic (exact) mass is 98.1 g/mol. The van der Waals surface area contributed by atoms with Gasteiger partial charge in [-0.25, -0.2) is 0 Å². The van der Waals surface area contributed by atoms with E-state index >= 15 is 0 Å². The highest BCUT2D eigenvalue weighted by Crippen LogP contribution is 1.95. The molecule has 4 nitrogen and oxygen atoms in total. The molecule has 0 saturated heterocycles. The largest absolute Gasteiger partial charge is 0.381 e. The Kier molecular flexibility index (Phi) is 0.714. The Labute approximate surface area is 40.7 Å². The van der Waals surface area contributed by atoms with Crippen LogP contribution in [0.25, 0.3) is 0 Å². The minimum absolute atomic E-state index is 0.472. The third-order valence-corrected chi connectivity index (χ3v) is 0.759. The molecule has 0 bridgehead atoms. The lowest BCUT2D eigenvalue weighted by Gasteiger charge is -1.75. The van der Waals surface area contributed by atoms with Crippen molar-refractivity contribution in [2.45, 2.75) is 6.92 Å². The summed E-state index contributed by atoms with van der Waals surface area (Å²) in [6, 6.07) is 0. The van der Waals surface area contributed by atoms with Crippen molar-refractivity contribution in [2.75, 3.05) is 5.73 Å². The Hall–Kier alpha value is -1.06. The standard InChI is InChI=1S/C3H6N4/c1-2-3(4)6-7-5-2/h1H3,(H3,4,5,6,7). The van der Waals surface area contributed by atoms with E-state index < -0.39 is 0 Å². The van der Waals surface area contributed by atoms with Gasteiger partial charge >= 0.3 is 0 Å². The zero-order chi connectivity index (χ0) is 5.28. The van der Waals surface area contributed by atoms with Crippen molar-refractivity contribution in [1.82, 2.24) is 15.4 Å². The quantitative estimate of drug-likeness (QED) is 0.468. The number of nitrogen functional groups attached to an aromatic ring is 1. The first kappa shape index (κ1) is 4.11. The van der Waals surface area contributed by atoms with Crippen LogP contribution in [0.1, 0.15) is 5.69 Å². The van der Waals surface area contributed by atoms with Gasteiger partial charge in [-0.15, -0.1) is 5.10 Å². The average Bonchev–Trinajstić information content (AvgIpc) is 1.91. The van der Waals surface area contributed by atoms with Gasteiger partial charge in [0, 0.05) is 0 Å². The van der Waals surface area contributed by atoms with Crippen LogP contribution in [-0.4, -0.2) is 15.4 Å². The second kappa shape index (κ2) is 1.22. The fourth-order valence-electron chi connectivity index (χ4n) is 0.292. The first-order valence-corrected chi connectivity index (χ1v) is 1.93. The molecule has 0 aromatic carbocycles. The van der Waals surface area contributed by atoms with Crippen molar-refractivity contribution in [3.05, 3.63) is 5.69 Å². The van der Waals surface area contributed by atoms with Crippen molar-refractivity contribution in [1.29, 1.82) is 0 Å². The summed E-state index contributed by atoms with van der Waals surface area (Å²) in [5, 5.41) is 9.59. The molecule has 1 rings (SSSR count). The summed E-state index contributed by atoms with van der Waals surface area (Å²) in [5.41, 5.74) is 5.98. The molecule has 0 aliphatic carbocycles. The molecule has 1 heterocycles. The topological polar surface area (TPSA) is 67.6 Å². The van der Waals surface area contributed by atoms with E-state index in [-0.39, 0.29) is 0 Å². The smallest absolute Gasteiger partial charge is 0.168 e. The molecule has 0 spiro atoms. The van der Waals surface area contributed by atoms with E-state index in [2.05, 4.69) is 15.4 Å². The Morgan fingerprint density at radius 2 is 2.29 bits per heavy atom. The molecular weight excluding hydrogens is 92.1 g/mol. The molecule has 1 aromatic rings. The predicted octanol–water partition coefficient (Wildman–Crippen LogP) is -0.305. The molecule has 7 heavy (non-hydrogen) atoms. The SMILES string of the molecule is Cc1n[nH]nc1N. The number of aromatic nitrogens is 3. The fourth-order valence-corrected chi connectivity index (χ4v) is 0.292. The van der Waals surface area contributed by atoms with Crippen molar-refractivity contribution >= 4 is 5.82 Å². The van der Waals surface area contributed by atoms with Crippen LogP contribution in [0.4, 0.5) is 5.82 Å². The Morgan fingerprint density at radius 1 is 1.57 bits per heavy atom. The summed E-state index contributed by atoms with van der Waals surface area (Å²) in [6.07, 6.45) is 0. The molecule has 0 atom stereocenters. The van der Waals surface area contributed by atoms with Crippen molar-refractivity contribution in [3.8, 4) is 0 Å². The van der Waals surface area contributed by atoms with Crippen LogP contribution in [0.3, 0.4) is 0 Å². The maximum absolute atomic E-state index is 5.23. The van der Waals surface area contributed by atoms with Crippen LogP contribution in [-0.2, 0) is 0 Å². The zero-order valence-corrected chi connectivity index (χ0v) is 3.97. The van der Waals surface area contributed by atoms with Gasteiger partial charge in [0.2, 0.25) is 0 Å². The van der Waals surface area contributed by atoms with E-state index in [1.54, 1.807) is 6.92 Å². The van der Waals surface area contributed by atoms with Crippen molar-refractivity contribution in [2.24, 2.45) is 0 Å². The van der Waals surface area contributed by atoms with Gasteiger partial charge in [-0.1, -0.05) is 0 Å². The first-order chi connectivity index (χ1) is 3.30. The first-order valence-electron chi connectivity index (χ1n) is 1.93. The van der Waals surface area contributed by atoms with E-state index in [1.807, 2.05) is 0 Å². The number of anilines is 1. The number of hydrogen-bond acceptors (Lipinski definition) is 3. The predicted molar refractivity (Wildman–Crippen MR) is 25.5 cm³/mol. The molecule has 0 unspecified atom stereocenters. The molecule has 3 N–H and O–H groups in total. The number of rotatable bonds is 0. The van der Waals surface area contributed by atoms with Gasteiger partial charge in [-0.2, -0.15) is 10.3 Å². The second-order valence-electron chi connectivity index (χ2n) is 1.29. The third kappa shape index (κ3) is 0.534. The van der Waals surface area contributed by atoms with Gasteiger partial charge in [-0.05, 0) is 6.92 Å². The van der Waals surface area contributed by atoms with Crippen LogP contribution >= 0.6 is 0 Å². The lowest BCUT2D eigenvalue weighted by Crippen LogP contribution is -1.85. The Bertz CT molecular complexity index is 139. The number of H-pyrrole nitrogens is 1. The van der Waals surface area contributed by atoms with Gasteiger partial charge in [0.1, 0.15) is 5.69 Å². The molecule has 0 fully saturated rings. The number of nitrogens with two attached hydrogens (primary N) is 1. The normalized spacial score (nSPS) is 9.29. The minimum Gasteiger partial charge on any atom is -0.381 e. The van der Waals surface area contributed by atoms with Crippen LogP contribution in [0.5, 0.6) is 0 Å². The highest BCUT2D eigenvalue weighted by atomic mass is 15.3. The molecule has 0 amide bonds. The highest BCUT2D eigenvalue weighted by molar-refractivity contribution is 5.29. The van der Waals surface area contributed by atoms with E-state index in [0.29, 0.717) is 5.82 Å². The van der Waals surface area contributed by atoms with Gasteiger partial charge in [-0.3, -0.25) is 0 Å². The van der Waals surface area contributed by atoms with E-state index in [0.717, 1.165) is 5.69 Å². The zero-order valence-electron chi connectivity index (χ0n) is 3.97. The Morgan fingerprint density at radius 3 is 2.43 bits per heavy atom. The van der Waals surface area contributed by atoms with Crippen molar-refractivity contribution in [3.63, 3.8) is 0 Å². The van der Waals surface area contributed by atoms with E-state index in [9.17, 15) is 0 Å². The number of hydrogen-bond donors (Lipinski definition) is 2. The third-order valence-electron chi connectivity index (χ3n) is 0.759. The lowest BCUT2D eigenvalue weighted by atomic mass is 10.5. The second-order valence-corrected chi connectivity index (χ2v) is 1.29. The van der Waals surface area contributed by atoms with Gasteiger partial charge in [0.15, 0.2) is 5.82 Å². The maximum atomic E-state index is 5.23. The van der Waals surface area contributed by atoms with Gasteiger partial charge < -0.3 is 5.73 Å². The summed E-state index contributed by atoms with van der Waals surface area (Å²) in [6.45, 7) is 1.79. The highest BCUT2D eigenvalue weighted by Gasteiger charge is 1.91. The van der Waals surface area contributed by atoms with Crippen LogP contribution < -0.4 is 5.73 Å². The molecular formula is C3H6N4. The Balaban J connectivity index is 3.12. The number of aryl methyl sites for hydroxylation is 1. The fraction of sp³-hybridized carbons (Fsp3) is 0.333.